The van der Waals surface area contributed by atoms with Crippen molar-refractivity contribution in [1.29, 1.82) is 0 Å². The van der Waals surface area contributed by atoms with Crippen molar-refractivity contribution in [3.8, 4) is 0 Å². The maximum absolute atomic E-state index is 5.64. The van der Waals surface area contributed by atoms with E-state index in [-0.39, 0.29) is 0 Å². The van der Waals surface area contributed by atoms with Crippen LogP contribution in [0.1, 0.15) is 43.9 Å². The fraction of sp³-hybridized carbons (Fsp3) is 0.625. The second-order valence-electron chi connectivity index (χ2n) is 5.10. The van der Waals surface area contributed by atoms with Crippen LogP contribution >= 0.6 is 0 Å². The highest BCUT2D eigenvalue weighted by Gasteiger charge is 2.30. The van der Waals surface area contributed by atoms with Crippen LogP contribution in [0, 0.1) is 5.92 Å². The van der Waals surface area contributed by atoms with Gasteiger partial charge in [0, 0.05) is 19.3 Å². The van der Waals surface area contributed by atoms with Gasteiger partial charge in [0.1, 0.15) is 0 Å². The van der Waals surface area contributed by atoms with Crippen LogP contribution in [0.5, 0.6) is 0 Å². The van der Waals surface area contributed by atoms with Gasteiger partial charge in [-0.15, -0.1) is 0 Å². The molecule has 100 valence electrons. The Balaban J connectivity index is 1.95. The number of ether oxygens (including phenoxy) is 1. The molecule has 0 aromatic heterocycles. The predicted octanol–water partition coefficient (Wildman–Crippen LogP) is 3.33. The fourth-order valence-electron chi connectivity index (χ4n) is 2.92. The highest BCUT2D eigenvalue weighted by Crippen LogP contribution is 2.37. The summed E-state index contributed by atoms with van der Waals surface area (Å²) in [6, 6.07) is 9.37. The highest BCUT2D eigenvalue weighted by atomic mass is 16.5. The van der Waals surface area contributed by atoms with Crippen LogP contribution < -0.4 is 5.32 Å². The van der Waals surface area contributed by atoms with Crippen LogP contribution in [-0.4, -0.2) is 19.8 Å². The lowest BCUT2D eigenvalue weighted by molar-refractivity contribution is 0.116. The molecule has 0 saturated carbocycles. The summed E-state index contributed by atoms with van der Waals surface area (Å²) in [6.45, 7) is 7.17. The van der Waals surface area contributed by atoms with Crippen molar-refractivity contribution in [2.75, 3.05) is 19.8 Å². The predicted molar refractivity (Wildman–Crippen MR) is 75.8 cm³/mol. The van der Waals surface area contributed by atoms with Crippen molar-refractivity contribution < 1.29 is 4.74 Å². The second kappa shape index (κ2) is 6.91. The summed E-state index contributed by atoms with van der Waals surface area (Å²) in [5.41, 5.74) is 3.02. The minimum absolute atomic E-state index is 0.524. The van der Waals surface area contributed by atoms with E-state index in [1.165, 1.54) is 17.5 Å². The van der Waals surface area contributed by atoms with Crippen molar-refractivity contribution in [3.63, 3.8) is 0 Å². The number of hydrogen-bond donors (Lipinski definition) is 1. The molecule has 0 spiro atoms. The van der Waals surface area contributed by atoms with E-state index in [0.717, 1.165) is 32.6 Å². The quantitative estimate of drug-likeness (QED) is 0.746. The van der Waals surface area contributed by atoms with Crippen molar-refractivity contribution in [2.45, 2.75) is 39.2 Å². The van der Waals surface area contributed by atoms with Crippen molar-refractivity contribution in [1.82, 2.24) is 5.32 Å². The van der Waals surface area contributed by atoms with Gasteiger partial charge in [0.15, 0.2) is 0 Å². The molecular weight excluding hydrogens is 222 g/mol. The molecule has 2 nitrogen and oxygen atoms in total. The number of hydrogen-bond acceptors (Lipinski definition) is 2. The van der Waals surface area contributed by atoms with Gasteiger partial charge in [0.05, 0.1) is 0 Å². The molecule has 0 radical (unpaired) electrons. The summed E-state index contributed by atoms with van der Waals surface area (Å²) in [5, 5.41) is 3.64. The standard InChI is InChI=1S/C16H25NO/c1-3-10-18-11-9-14-12-13-7-5-6-8-15(13)16(14)17-4-2/h5-8,14,16-17H,3-4,9-12H2,1-2H3. The third-order valence-electron chi connectivity index (χ3n) is 3.75. The SMILES string of the molecule is CCCOCCC1Cc2ccccc2C1NCC. The van der Waals surface area contributed by atoms with Gasteiger partial charge in [-0.05, 0) is 42.9 Å². The smallest absolute Gasteiger partial charge is 0.0469 e. The van der Waals surface area contributed by atoms with Gasteiger partial charge in [-0.3, -0.25) is 0 Å². The number of benzene rings is 1. The monoisotopic (exact) mass is 247 g/mol. The summed E-state index contributed by atoms with van der Waals surface area (Å²) in [6.07, 6.45) is 3.47. The first-order valence-electron chi connectivity index (χ1n) is 7.25. The molecule has 18 heavy (non-hydrogen) atoms. The molecule has 1 N–H and O–H groups in total. The van der Waals surface area contributed by atoms with E-state index >= 15 is 0 Å². The Labute approximate surface area is 111 Å². The van der Waals surface area contributed by atoms with Crippen molar-refractivity contribution in [2.24, 2.45) is 5.92 Å². The molecule has 0 amide bonds. The molecule has 1 aromatic carbocycles. The van der Waals surface area contributed by atoms with Gasteiger partial charge in [0.2, 0.25) is 0 Å². The molecule has 2 heteroatoms. The van der Waals surface area contributed by atoms with E-state index in [4.69, 9.17) is 4.74 Å². The Morgan fingerprint density at radius 1 is 1.22 bits per heavy atom. The second-order valence-corrected chi connectivity index (χ2v) is 5.10. The van der Waals surface area contributed by atoms with E-state index in [2.05, 4.69) is 43.4 Å². The average molecular weight is 247 g/mol. The Hall–Kier alpha value is -0.860. The zero-order valence-corrected chi connectivity index (χ0v) is 11.6. The lowest BCUT2D eigenvalue weighted by atomic mass is 9.97. The Morgan fingerprint density at radius 2 is 2.06 bits per heavy atom. The molecule has 2 unspecified atom stereocenters. The van der Waals surface area contributed by atoms with Crippen molar-refractivity contribution >= 4 is 0 Å². The molecule has 0 bridgehead atoms. The summed E-state index contributed by atoms with van der Waals surface area (Å²) in [4.78, 5) is 0. The van der Waals surface area contributed by atoms with Crippen molar-refractivity contribution in [3.05, 3.63) is 35.4 Å². The lowest BCUT2D eigenvalue weighted by Gasteiger charge is -2.21. The molecule has 1 aliphatic rings. The first-order valence-corrected chi connectivity index (χ1v) is 7.25. The fourth-order valence-corrected chi connectivity index (χ4v) is 2.92. The Morgan fingerprint density at radius 3 is 2.83 bits per heavy atom. The Bertz CT molecular complexity index is 364. The molecule has 2 rings (SSSR count). The van der Waals surface area contributed by atoms with E-state index < -0.39 is 0 Å². The van der Waals surface area contributed by atoms with E-state index in [9.17, 15) is 0 Å². The molecule has 1 aromatic rings. The summed E-state index contributed by atoms with van der Waals surface area (Å²) < 4.78 is 5.64. The van der Waals surface area contributed by atoms with Gasteiger partial charge in [-0.1, -0.05) is 38.1 Å². The van der Waals surface area contributed by atoms with Gasteiger partial charge in [-0.25, -0.2) is 0 Å². The molecule has 0 saturated heterocycles. The molecule has 1 aliphatic carbocycles. The lowest BCUT2D eigenvalue weighted by Crippen LogP contribution is -2.26. The van der Waals surface area contributed by atoms with Gasteiger partial charge in [-0.2, -0.15) is 0 Å². The normalized spacial score (nSPS) is 22.1. The molecular formula is C16H25NO. The maximum Gasteiger partial charge on any atom is 0.0469 e. The third kappa shape index (κ3) is 3.12. The van der Waals surface area contributed by atoms with Crippen LogP contribution in [0.4, 0.5) is 0 Å². The van der Waals surface area contributed by atoms with Crippen LogP contribution in [0.3, 0.4) is 0 Å². The van der Waals surface area contributed by atoms with Gasteiger partial charge in [0.25, 0.3) is 0 Å². The molecule has 0 fully saturated rings. The van der Waals surface area contributed by atoms with E-state index in [0.29, 0.717) is 12.0 Å². The summed E-state index contributed by atoms with van der Waals surface area (Å²) in [5.74, 6) is 0.694. The summed E-state index contributed by atoms with van der Waals surface area (Å²) >= 11 is 0. The zero-order valence-electron chi connectivity index (χ0n) is 11.6. The first-order chi connectivity index (χ1) is 8.86. The maximum atomic E-state index is 5.64. The molecule has 2 atom stereocenters. The first kappa shape index (κ1) is 13.6. The minimum atomic E-state index is 0.524. The summed E-state index contributed by atoms with van der Waals surface area (Å²) in [7, 11) is 0. The van der Waals surface area contributed by atoms with Crippen LogP contribution in [0.2, 0.25) is 0 Å². The van der Waals surface area contributed by atoms with Crippen LogP contribution in [0.15, 0.2) is 24.3 Å². The zero-order chi connectivity index (χ0) is 12.8. The average Bonchev–Trinajstić information content (AvgIpc) is 2.74. The highest BCUT2D eigenvalue weighted by molar-refractivity contribution is 5.35. The minimum Gasteiger partial charge on any atom is -0.381 e. The number of fused-ring (bicyclic) bond motifs is 1. The van der Waals surface area contributed by atoms with E-state index in [1.54, 1.807) is 0 Å². The number of nitrogens with one attached hydrogen (secondary N) is 1. The van der Waals surface area contributed by atoms with Crippen LogP contribution in [-0.2, 0) is 11.2 Å². The molecule has 0 heterocycles. The third-order valence-corrected chi connectivity index (χ3v) is 3.75. The molecule has 0 aliphatic heterocycles. The van der Waals surface area contributed by atoms with Gasteiger partial charge >= 0.3 is 0 Å². The topological polar surface area (TPSA) is 21.3 Å². The van der Waals surface area contributed by atoms with E-state index in [1.807, 2.05) is 0 Å². The largest absolute Gasteiger partial charge is 0.381 e. The van der Waals surface area contributed by atoms with Crippen LogP contribution in [0.25, 0.3) is 0 Å². The number of rotatable bonds is 7. The van der Waals surface area contributed by atoms with Gasteiger partial charge < -0.3 is 10.1 Å². The Kier molecular flexibility index (Phi) is 5.21.